The van der Waals surface area contributed by atoms with Gasteiger partial charge in [0.1, 0.15) is 11.6 Å². The largest absolute Gasteiger partial charge is 0.414 e. The summed E-state index contributed by atoms with van der Waals surface area (Å²) in [5, 5.41) is 7.46. The molecule has 0 radical (unpaired) electrons. The van der Waals surface area contributed by atoms with Crippen molar-refractivity contribution in [2.24, 2.45) is 0 Å². The first kappa shape index (κ1) is 23.7. The van der Waals surface area contributed by atoms with Crippen molar-refractivity contribution in [2.75, 3.05) is 10.6 Å². The van der Waals surface area contributed by atoms with Gasteiger partial charge in [0.2, 0.25) is 0 Å². The number of aromatic nitrogens is 2. The molecule has 0 bridgehead atoms. The van der Waals surface area contributed by atoms with Gasteiger partial charge in [-0.25, -0.2) is 9.97 Å². The molecule has 6 heteroatoms. The molecule has 0 saturated heterocycles. The van der Waals surface area contributed by atoms with Crippen LogP contribution in [-0.4, -0.2) is 30.4 Å². The molecule has 1 aromatic heterocycles. The summed E-state index contributed by atoms with van der Waals surface area (Å²) in [6.45, 7) is 16.4. The van der Waals surface area contributed by atoms with Crippen LogP contribution in [-0.2, 0) is 17.4 Å². The van der Waals surface area contributed by atoms with Crippen molar-refractivity contribution < 1.29 is 4.43 Å². The molecule has 31 heavy (non-hydrogen) atoms. The van der Waals surface area contributed by atoms with E-state index in [-0.39, 0.29) is 5.04 Å². The van der Waals surface area contributed by atoms with Gasteiger partial charge in [-0.1, -0.05) is 39.8 Å². The molecule has 1 aromatic carbocycles. The van der Waals surface area contributed by atoms with Crippen molar-refractivity contribution in [3.05, 3.63) is 47.4 Å². The Balaban J connectivity index is 1.62. The molecule has 3 rings (SSSR count). The smallest absolute Gasteiger partial charge is 0.192 e. The van der Waals surface area contributed by atoms with E-state index in [1.165, 1.54) is 5.56 Å². The molecule has 1 heterocycles. The average molecular weight is 441 g/mol. The second-order valence-corrected chi connectivity index (χ2v) is 15.1. The third-order valence-corrected chi connectivity index (χ3v) is 11.4. The van der Waals surface area contributed by atoms with Crippen molar-refractivity contribution in [2.45, 2.75) is 97.1 Å². The van der Waals surface area contributed by atoms with Gasteiger partial charge in [0.15, 0.2) is 8.32 Å². The topological polar surface area (TPSA) is 59.1 Å². The molecule has 5 nitrogen and oxygen atoms in total. The Labute approximate surface area is 189 Å². The van der Waals surface area contributed by atoms with Gasteiger partial charge in [-0.15, -0.1) is 0 Å². The summed E-state index contributed by atoms with van der Waals surface area (Å²) in [5.74, 6) is 1.74. The van der Waals surface area contributed by atoms with E-state index in [9.17, 15) is 0 Å². The number of nitrogens with zero attached hydrogens (tertiary/aromatic N) is 2. The second-order valence-electron chi connectivity index (χ2n) is 10.3. The Hall–Kier alpha value is -1.92. The Morgan fingerprint density at radius 3 is 2.48 bits per heavy atom. The van der Waals surface area contributed by atoms with Gasteiger partial charge >= 0.3 is 0 Å². The summed E-state index contributed by atoms with van der Waals surface area (Å²) in [6, 6.07) is 9.02. The molecule has 0 aliphatic heterocycles. The van der Waals surface area contributed by atoms with Gasteiger partial charge < -0.3 is 15.1 Å². The SMILES string of the molecule is CCc1ccc(NCc2cnc(C)nc2NC2CC[C@@H](O[Si](C)(C)C(C)(C)C)C2)cc1. The molecule has 2 aromatic rings. The van der Waals surface area contributed by atoms with Crippen LogP contribution in [0.1, 0.15) is 63.9 Å². The van der Waals surface area contributed by atoms with Crippen molar-refractivity contribution in [3.63, 3.8) is 0 Å². The van der Waals surface area contributed by atoms with Crippen molar-refractivity contribution >= 4 is 19.8 Å². The molecule has 1 fully saturated rings. The molecule has 2 N–H and O–H groups in total. The van der Waals surface area contributed by atoms with Gasteiger partial charge in [-0.05, 0) is 68.4 Å². The van der Waals surface area contributed by atoms with E-state index < -0.39 is 8.32 Å². The standard InChI is InChI=1S/C25H40N4OSi/c1-8-19-9-11-21(12-10-19)27-17-20-16-26-18(2)28-24(20)29-22-13-14-23(15-22)30-31(6,7)25(3,4)5/h9-12,16,22-23,27H,8,13-15,17H2,1-7H3,(H,26,28,29)/t22?,23-/m1/s1. The lowest BCUT2D eigenvalue weighted by atomic mass is 10.1. The summed E-state index contributed by atoms with van der Waals surface area (Å²) in [7, 11) is -1.73. The normalized spacial score (nSPS) is 19.5. The number of hydrogen-bond donors (Lipinski definition) is 2. The van der Waals surface area contributed by atoms with E-state index in [2.05, 4.69) is 80.7 Å². The highest BCUT2D eigenvalue weighted by Crippen LogP contribution is 2.39. The molecule has 2 atom stereocenters. The number of aryl methyl sites for hydroxylation is 2. The minimum atomic E-state index is -1.73. The third-order valence-electron chi connectivity index (χ3n) is 6.82. The van der Waals surface area contributed by atoms with Crippen LogP contribution < -0.4 is 10.6 Å². The predicted molar refractivity (Wildman–Crippen MR) is 133 cm³/mol. The molecule has 1 aliphatic carbocycles. The summed E-state index contributed by atoms with van der Waals surface area (Å²) >= 11 is 0. The van der Waals surface area contributed by atoms with E-state index in [1.54, 1.807) is 0 Å². The maximum atomic E-state index is 6.66. The molecule has 1 saturated carbocycles. The molecule has 1 aliphatic rings. The van der Waals surface area contributed by atoms with E-state index in [4.69, 9.17) is 9.41 Å². The molecular weight excluding hydrogens is 400 g/mol. The monoisotopic (exact) mass is 440 g/mol. The summed E-state index contributed by atoms with van der Waals surface area (Å²) in [4.78, 5) is 9.16. The summed E-state index contributed by atoms with van der Waals surface area (Å²) < 4.78 is 6.66. The fraction of sp³-hybridized carbons (Fsp3) is 0.600. The van der Waals surface area contributed by atoms with Gasteiger partial charge in [0, 0.05) is 36.1 Å². The van der Waals surface area contributed by atoms with Crippen LogP contribution in [0.2, 0.25) is 18.1 Å². The number of nitrogens with one attached hydrogen (secondary N) is 2. The first-order valence-electron chi connectivity index (χ1n) is 11.7. The summed E-state index contributed by atoms with van der Waals surface area (Å²) in [5.41, 5.74) is 3.56. The van der Waals surface area contributed by atoms with E-state index >= 15 is 0 Å². The highest BCUT2D eigenvalue weighted by molar-refractivity contribution is 6.74. The maximum absolute atomic E-state index is 6.66. The highest BCUT2D eigenvalue weighted by Gasteiger charge is 2.40. The van der Waals surface area contributed by atoms with Crippen LogP contribution in [0.4, 0.5) is 11.5 Å². The molecule has 0 spiro atoms. The van der Waals surface area contributed by atoms with Gasteiger partial charge in [0.05, 0.1) is 0 Å². The van der Waals surface area contributed by atoms with Crippen LogP contribution >= 0.6 is 0 Å². The fourth-order valence-corrected chi connectivity index (χ4v) is 5.17. The summed E-state index contributed by atoms with van der Waals surface area (Å²) in [6.07, 6.45) is 6.62. The second kappa shape index (κ2) is 9.70. The Bertz CT molecular complexity index is 861. The molecule has 170 valence electrons. The lowest BCUT2D eigenvalue weighted by molar-refractivity contribution is 0.187. The van der Waals surface area contributed by atoms with Crippen molar-refractivity contribution in [1.29, 1.82) is 0 Å². The molecular formula is C25H40N4OSi. The van der Waals surface area contributed by atoms with Crippen LogP contribution in [0.25, 0.3) is 0 Å². The van der Waals surface area contributed by atoms with Crippen LogP contribution in [0, 0.1) is 6.92 Å². The Morgan fingerprint density at radius 2 is 1.84 bits per heavy atom. The Morgan fingerprint density at radius 1 is 1.13 bits per heavy atom. The number of rotatable bonds is 8. The number of hydrogen-bond acceptors (Lipinski definition) is 5. The van der Waals surface area contributed by atoms with Crippen molar-refractivity contribution in [1.82, 2.24) is 9.97 Å². The van der Waals surface area contributed by atoms with Crippen molar-refractivity contribution in [3.8, 4) is 0 Å². The fourth-order valence-electron chi connectivity index (χ4n) is 3.77. The van der Waals surface area contributed by atoms with E-state index in [0.29, 0.717) is 18.7 Å². The minimum absolute atomic E-state index is 0.246. The van der Waals surface area contributed by atoms with Crippen LogP contribution in [0.15, 0.2) is 30.5 Å². The van der Waals surface area contributed by atoms with Crippen LogP contribution in [0.3, 0.4) is 0 Å². The lowest BCUT2D eigenvalue weighted by Gasteiger charge is -2.38. The predicted octanol–water partition coefficient (Wildman–Crippen LogP) is 6.31. The highest BCUT2D eigenvalue weighted by atomic mass is 28.4. The van der Waals surface area contributed by atoms with Gasteiger partial charge in [0.25, 0.3) is 0 Å². The quantitative estimate of drug-likeness (QED) is 0.471. The average Bonchev–Trinajstić information content (AvgIpc) is 3.13. The third kappa shape index (κ3) is 6.29. The number of anilines is 2. The first-order valence-corrected chi connectivity index (χ1v) is 14.6. The van der Waals surface area contributed by atoms with Crippen LogP contribution in [0.5, 0.6) is 0 Å². The Kier molecular flexibility index (Phi) is 7.42. The van der Waals surface area contributed by atoms with E-state index in [1.807, 2.05) is 13.1 Å². The minimum Gasteiger partial charge on any atom is -0.414 e. The lowest BCUT2D eigenvalue weighted by Crippen LogP contribution is -2.43. The zero-order chi connectivity index (χ0) is 22.6. The zero-order valence-electron chi connectivity index (χ0n) is 20.4. The first-order chi connectivity index (χ1) is 14.6. The molecule has 0 amide bonds. The van der Waals surface area contributed by atoms with E-state index in [0.717, 1.165) is 48.6 Å². The maximum Gasteiger partial charge on any atom is 0.192 e. The molecule has 1 unspecified atom stereocenters. The zero-order valence-corrected chi connectivity index (χ0v) is 21.4. The number of benzene rings is 1. The van der Waals surface area contributed by atoms with Gasteiger partial charge in [-0.3, -0.25) is 0 Å². The van der Waals surface area contributed by atoms with Gasteiger partial charge in [-0.2, -0.15) is 0 Å².